The van der Waals surface area contributed by atoms with Gasteiger partial charge in [-0.3, -0.25) is 0 Å². The quantitative estimate of drug-likeness (QED) is 0.920. The third-order valence-electron chi connectivity index (χ3n) is 2.46. The molecule has 18 heavy (non-hydrogen) atoms. The number of hydrogen-bond acceptors (Lipinski definition) is 4. The van der Waals surface area contributed by atoms with Gasteiger partial charge in [0.2, 0.25) is 5.82 Å². The summed E-state index contributed by atoms with van der Waals surface area (Å²) in [7, 11) is 0. The topological polar surface area (TPSA) is 59.2 Å². The van der Waals surface area contributed by atoms with Gasteiger partial charge in [-0.25, -0.2) is 0 Å². The molecule has 1 N–H and O–H groups in total. The van der Waals surface area contributed by atoms with Crippen molar-refractivity contribution in [3.63, 3.8) is 0 Å². The van der Waals surface area contributed by atoms with Crippen LogP contribution in [0.4, 0.5) is 0 Å². The van der Waals surface area contributed by atoms with E-state index in [-0.39, 0.29) is 0 Å². The van der Waals surface area contributed by atoms with Gasteiger partial charge in [0.05, 0.1) is 10.6 Å². The van der Waals surface area contributed by atoms with Crippen LogP contribution in [-0.4, -0.2) is 15.2 Å². The first kappa shape index (κ1) is 13.5. The monoisotopic (exact) mass is 330 g/mol. The lowest BCUT2D eigenvalue weighted by Gasteiger charge is -2.01. The Labute approximate surface area is 118 Å². The molecule has 0 aliphatic rings. The summed E-state index contributed by atoms with van der Waals surface area (Å²) >= 11 is 9.42. The standard InChI is InChI=1S/C12H12BrClN2O2/c1-2-3-10(17)11-15-12(18-16-11)8-5-4-7(13)6-9(8)14/h4-6,10,17H,2-3H2,1H3. The van der Waals surface area contributed by atoms with E-state index in [0.29, 0.717) is 28.7 Å². The van der Waals surface area contributed by atoms with Crippen molar-refractivity contribution < 1.29 is 9.63 Å². The Morgan fingerprint density at radius 3 is 2.94 bits per heavy atom. The van der Waals surface area contributed by atoms with Gasteiger partial charge in [0.1, 0.15) is 6.10 Å². The van der Waals surface area contributed by atoms with Crippen molar-refractivity contribution in [2.45, 2.75) is 25.9 Å². The van der Waals surface area contributed by atoms with Crippen molar-refractivity contribution in [3.05, 3.63) is 33.5 Å². The lowest BCUT2D eigenvalue weighted by Crippen LogP contribution is -1.98. The minimum Gasteiger partial charge on any atom is -0.385 e. The molecule has 0 aliphatic heterocycles. The number of aliphatic hydroxyl groups excluding tert-OH is 1. The molecule has 1 atom stereocenters. The minimum atomic E-state index is -0.693. The molecule has 1 aromatic carbocycles. The SMILES string of the molecule is CCCC(O)c1noc(-c2ccc(Br)cc2Cl)n1. The normalized spacial score (nSPS) is 12.7. The Morgan fingerprint density at radius 2 is 2.28 bits per heavy atom. The van der Waals surface area contributed by atoms with Crippen molar-refractivity contribution in [1.29, 1.82) is 0 Å². The van der Waals surface area contributed by atoms with Gasteiger partial charge >= 0.3 is 0 Å². The fourth-order valence-corrected chi connectivity index (χ4v) is 2.30. The number of nitrogens with zero attached hydrogens (tertiary/aromatic N) is 2. The highest BCUT2D eigenvalue weighted by molar-refractivity contribution is 9.10. The predicted octanol–water partition coefficient (Wildman–Crippen LogP) is 3.99. The number of halogens is 2. The van der Waals surface area contributed by atoms with Crippen molar-refractivity contribution in [1.82, 2.24) is 10.1 Å². The lowest BCUT2D eigenvalue weighted by molar-refractivity contribution is 0.153. The molecule has 2 rings (SSSR count). The van der Waals surface area contributed by atoms with Gasteiger partial charge in [0.25, 0.3) is 5.89 Å². The molecular formula is C12H12BrClN2O2. The van der Waals surface area contributed by atoms with Gasteiger partial charge in [-0.05, 0) is 24.6 Å². The van der Waals surface area contributed by atoms with E-state index in [1.807, 2.05) is 13.0 Å². The molecule has 0 fully saturated rings. The zero-order valence-corrected chi connectivity index (χ0v) is 12.1. The zero-order valence-electron chi connectivity index (χ0n) is 9.73. The van der Waals surface area contributed by atoms with Crippen LogP contribution < -0.4 is 0 Å². The Hall–Kier alpha value is -0.910. The van der Waals surface area contributed by atoms with Crippen LogP contribution in [0.25, 0.3) is 11.5 Å². The van der Waals surface area contributed by atoms with E-state index in [1.165, 1.54) is 0 Å². The van der Waals surface area contributed by atoms with Crippen LogP contribution in [0, 0.1) is 0 Å². The van der Waals surface area contributed by atoms with E-state index in [9.17, 15) is 5.11 Å². The van der Waals surface area contributed by atoms with Gasteiger partial charge in [-0.2, -0.15) is 4.98 Å². The number of aliphatic hydroxyl groups is 1. The second-order valence-electron chi connectivity index (χ2n) is 3.89. The zero-order chi connectivity index (χ0) is 13.1. The molecule has 4 nitrogen and oxygen atoms in total. The largest absolute Gasteiger partial charge is 0.385 e. The molecule has 0 radical (unpaired) electrons. The molecule has 96 valence electrons. The van der Waals surface area contributed by atoms with E-state index in [0.717, 1.165) is 10.9 Å². The molecule has 1 unspecified atom stereocenters. The van der Waals surface area contributed by atoms with Gasteiger partial charge in [0, 0.05) is 4.47 Å². The van der Waals surface area contributed by atoms with Crippen LogP contribution >= 0.6 is 27.5 Å². The Bertz CT molecular complexity index is 545. The molecule has 0 bridgehead atoms. The maximum absolute atomic E-state index is 9.77. The molecule has 0 amide bonds. The average molecular weight is 332 g/mol. The first-order valence-electron chi connectivity index (χ1n) is 5.59. The summed E-state index contributed by atoms with van der Waals surface area (Å²) in [5.74, 6) is 0.614. The van der Waals surface area contributed by atoms with Crippen molar-refractivity contribution in [2.75, 3.05) is 0 Å². The third kappa shape index (κ3) is 2.91. The minimum absolute atomic E-state index is 0.297. The fraction of sp³-hybridized carbons (Fsp3) is 0.333. The van der Waals surface area contributed by atoms with E-state index in [2.05, 4.69) is 26.1 Å². The highest BCUT2D eigenvalue weighted by Gasteiger charge is 2.17. The molecule has 0 saturated carbocycles. The van der Waals surface area contributed by atoms with E-state index in [1.54, 1.807) is 12.1 Å². The molecule has 6 heteroatoms. The maximum atomic E-state index is 9.77. The Kier molecular flexibility index (Phi) is 4.37. The first-order valence-corrected chi connectivity index (χ1v) is 6.76. The number of rotatable bonds is 4. The van der Waals surface area contributed by atoms with E-state index in [4.69, 9.17) is 16.1 Å². The van der Waals surface area contributed by atoms with Crippen molar-refractivity contribution >= 4 is 27.5 Å². The summed E-state index contributed by atoms with van der Waals surface area (Å²) in [5, 5.41) is 14.1. The Morgan fingerprint density at radius 1 is 1.50 bits per heavy atom. The van der Waals surface area contributed by atoms with Gasteiger partial charge in [0.15, 0.2) is 0 Å². The molecular weight excluding hydrogens is 320 g/mol. The van der Waals surface area contributed by atoms with Crippen LogP contribution in [-0.2, 0) is 0 Å². The van der Waals surface area contributed by atoms with Gasteiger partial charge in [-0.15, -0.1) is 0 Å². The van der Waals surface area contributed by atoms with Crippen LogP contribution in [0.1, 0.15) is 31.7 Å². The second kappa shape index (κ2) is 5.82. The average Bonchev–Trinajstić information content (AvgIpc) is 2.78. The molecule has 0 saturated heterocycles. The molecule has 1 aromatic heterocycles. The maximum Gasteiger partial charge on any atom is 0.259 e. The van der Waals surface area contributed by atoms with E-state index >= 15 is 0 Å². The molecule has 2 aromatic rings. The summed E-state index contributed by atoms with van der Waals surface area (Å²) < 4.78 is 5.99. The summed E-state index contributed by atoms with van der Waals surface area (Å²) in [6.45, 7) is 1.98. The fourth-order valence-electron chi connectivity index (χ4n) is 1.55. The third-order valence-corrected chi connectivity index (χ3v) is 3.27. The van der Waals surface area contributed by atoms with Gasteiger partial charge in [-0.1, -0.05) is 46.0 Å². The van der Waals surface area contributed by atoms with Crippen LogP contribution in [0.15, 0.2) is 27.2 Å². The summed E-state index contributed by atoms with van der Waals surface area (Å²) in [6.07, 6.45) is 0.763. The van der Waals surface area contributed by atoms with Crippen LogP contribution in [0.2, 0.25) is 5.02 Å². The smallest absolute Gasteiger partial charge is 0.259 e. The summed E-state index contributed by atoms with van der Waals surface area (Å²) in [5.41, 5.74) is 0.655. The van der Waals surface area contributed by atoms with Crippen LogP contribution in [0.5, 0.6) is 0 Å². The number of hydrogen-bond donors (Lipinski definition) is 1. The van der Waals surface area contributed by atoms with Crippen molar-refractivity contribution in [2.24, 2.45) is 0 Å². The Balaban J connectivity index is 2.29. The summed E-state index contributed by atoms with van der Waals surface area (Å²) in [4.78, 5) is 4.16. The lowest BCUT2D eigenvalue weighted by atomic mass is 10.2. The molecule has 0 spiro atoms. The van der Waals surface area contributed by atoms with Gasteiger partial charge < -0.3 is 9.63 Å². The molecule has 0 aliphatic carbocycles. The van der Waals surface area contributed by atoms with Crippen molar-refractivity contribution in [3.8, 4) is 11.5 Å². The number of aromatic nitrogens is 2. The van der Waals surface area contributed by atoms with Crippen LogP contribution in [0.3, 0.4) is 0 Å². The highest BCUT2D eigenvalue weighted by Crippen LogP contribution is 2.30. The first-order chi connectivity index (χ1) is 8.61. The molecule has 1 heterocycles. The highest BCUT2D eigenvalue weighted by atomic mass is 79.9. The number of benzene rings is 1. The second-order valence-corrected chi connectivity index (χ2v) is 5.21. The summed E-state index contributed by atoms with van der Waals surface area (Å²) in [6, 6.07) is 5.38. The van der Waals surface area contributed by atoms with E-state index < -0.39 is 6.10 Å². The predicted molar refractivity (Wildman–Crippen MR) is 72.3 cm³/mol.